The molecule has 8 heteroatoms. The van der Waals surface area contributed by atoms with Crippen molar-refractivity contribution in [3.63, 3.8) is 0 Å². The van der Waals surface area contributed by atoms with E-state index in [0.717, 1.165) is 17.4 Å². The zero-order chi connectivity index (χ0) is 20.8. The molecule has 2 aromatic rings. The molecule has 0 bridgehead atoms. The van der Waals surface area contributed by atoms with Crippen molar-refractivity contribution in [3.8, 4) is 11.8 Å². The van der Waals surface area contributed by atoms with Crippen molar-refractivity contribution in [3.05, 3.63) is 28.5 Å². The van der Waals surface area contributed by atoms with E-state index in [4.69, 9.17) is 9.15 Å². The van der Waals surface area contributed by atoms with Crippen LogP contribution < -0.4 is 5.69 Å². The van der Waals surface area contributed by atoms with Crippen molar-refractivity contribution in [2.75, 3.05) is 6.61 Å². The van der Waals surface area contributed by atoms with E-state index in [1.54, 1.807) is 6.07 Å². The van der Waals surface area contributed by atoms with E-state index in [0.29, 0.717) is 11.1 Å². The molecule has 1 aliphatic rings. The monoisotopic (exact) mass is 404 g/mol. The van der Waals surface area contributed by atoms with Gasteiger partial charge in [0.15, 0.2) is 12.0 Å². The molecule has 0 amide bonds. The normalized spacial score (nSPS) is 24.0. The van der Waals surface area contributed by atoms with Crippen LogP contribution in [0.3, 0.4) is 0 Å². The van der Waals surface area contributed by atoms with Gasteiger partial charge >= 0.3 is 5.69 Å². The van der Waals surface area contributed by atoms with Gasteiger partial charge in [0.25, 0.3) is 0 Å². The molecule has 1 fully saturated rings. The molecule has 3 N–H and O–H groups in total. The molecular formula is C21H28N2O6. The number of aliphatic hydroxyl groups excluding tert-OH is 3. The molecule has 0 aromatic carbocycles. The van der Waals surface area contributed by atoms with E-state index >= 15 is 0 Å². The molecular weight excluding hydrogens is 376 g/mol. The van der Waals surface area contributed by atoms with Gasteiger partial charge in [0, 0.05) is 18.7 Å². The van der Waals surface area contributed by atoms with Crippen molar-refractivity contribution >= 4 is 11.1 Å². The van der Waals surface area contributed by atoms with Gasteiger partial charge in [0.1, 0.15) is 18.3 Å². The van der Waals surface area contributed by atoms with Crippen LogP contribution in [0.5, 0.6) is 0 Å². The summed E-state index contributed by atoms with van der Waals surface area (Å²) in [5.74, 6) is 6.45. The lowest BCUT2D eigenvalue weighted by molar-refractivity contribution is -0.0547. The summed E-state index contributed by atoms with van der Waals surface area (Å²) in [6.07, 6.45) is 4.72. The molecule has 158 valence electrons. The van der Waals surface area contributed by atoms with Crippen LogP contribution in [-0.2, 0) is 4.74 Å². The first-order chi connectivity index (χ1) is 14.0. The Kier molecular flexibility index (Phi) is 7.45. The van der Waals surface area contributed by atoms with E-state index in [1.807, 2.05) is 0 Å². The number of unbranched alkanes of at least 4 members (excludes halogenated alkanes) is 6. The van der Waals surface area contributed by atoms with E-state index < -0.39 is 36.8 Å². The van der Waals surface area contributed by atoms with Gasteiger partial charge in [-0.1, -0.05) is 44.9 Å². The van der Waals surface area contributed by atoms with E-state index in [-0.39, 0.29) is 5.71 Å². The third-order valence-corrected chi connectivity index (χ3v) is 5.09. The molecule has 0 spiro atoms. The third kappa shape index (κ3) is 5.06. The highest BCUT2D eigenvalue weighted by Gasteiger charge is 2.43. The number of furan rings is 1. The second kappa shape index (κ2) is 10.0. The van der Waals surface area contributed by atoms with Gasteiger partial charge in [-0.05, 0) is 12.3 Å². The molecule has 3 heterocycles. The highest BCUT2D eigenvalue weighted by Crippen LogP contribution is 2.29. The van der Waals surface area contributed by atoms with Crippen molar-refractivity contribution in [2.24, 2.45) is 0 Å². The van der Waals surface area contributed by atoms with Gasteiger partial charge in [-0.2, -0.15) is 4.98 Å². The Hall–Kier alpha value is -2.18. The number of rotatable bonds is 8. The van der Waals surface area contributed by atoms with Crippen LogP contribution in [0.2, 0.25) is 0 Å². The molecule has 0 unspecified atom stereocenters. The summed E-state index contributed by atoms with van der Waals surface area (Å²) >= 11 is 0. The molecule has 4 atom stereocenters. The van der Waals surface area contributed by atoms with Crippen molar-refractivity contribution in [1.82, 2.24) is 9.55 Å². The number of aliphatic hydroxyl groups is 3. The van der Waals surface area contributed by atoms with Gasteiger partial charge in [-0.15, -0.1) is 0 Å². The summed E-state index contributed by atoms with van der Waals surface area (Å²) in [6, 6.07) is 1.67. The smallest absolute Gasteiger partial charge is 0.353 e. The summed E-state index contributed by atoms with van der Waals surface area (Å²) in [4.78, 5) is 16.2. The van der Waals surface area contributed by atoms with Gasteiger partial charge in [0.2, 0.25) is 5.71 Å². The molecule has 8 nitrogen and oxygen atoms in total. The molecule has 3 rings (SSSR count). The number of hydrogen-bond acceptors (Lipinski definition) is 7. The van der Waals surface area contributed by atoms with Crippen LogP contribution in [0.15, 0.2) is 21.5 Å². The van der Waals surface area contributed by atoms with Crippen molar-refractivity contribution in [1.29, 1.82) is 0 Å². The zero-order valence-electron chi connectivity index (χ0n) is 16.6. The highest BCUT2D eigenvalue weighted by atomic mass is 16.6. The number of fused-ring (bicyclic) bond motifs is 1. The van der Waals surface area contributed by atoms with Gasteiger partial charge in [-0.3, -0.25) is 4.57 Å². The molecule has 0 radical (unpaired) electrons. The van der Waals surface area contributed by atoms with Crippen LogP contribution in [0.4, 0.5) is 0 Å². The lowest BCUT2D eigenvalue weighted by atomic mass is 10.1. The fourth-order valence-corrected chi connectivity index (χ4v) is 3.42. The van der Waals surface area contributed by atoms with Gasteiger partial charge in [0.05, 0.1) is 12.0 Å². The first-order valence-corrected chi connectivity index (χ1v) is 10.2. The Morgan fingerprint density at radius 1 is 1.17 bits per heavy atom. The Morgan fingerprint density at radius 2 is 1.93 bits per heavy atom. The third-order valence-electron chi connectivity index (χ3n) is 5.09. The van der Waals surface area contributed by atoms with E-state index in [2.05, 4.69) is 23.7 Å². The molecule has 1 saturated heterocycles. The lowest BCUT2D eigenvalue weighted by Gasteiger charge is -2.16. The maximum Gasteiger partial charge on any atom is 0.353 e. The van der Waals surface area contributed by atoms with E-state index in [1.165, 1.54) is 38.3 Å². The second-order valence-corrected chi connectivity index (χ2v) is 7.35. The SMILES string of the molecule is CCCCCCCCC#Cc1cc2cn([C@@H]3O[C@H](CO)[C@@H](O)[C@H]3O)c(=O)nc2o1. The summed E-state index contributed by atoms with van der Waals surface area (Å²) in [6.45, 7) is 1.73. The number of ether oxygens (including phenoxy) is 1. The number of nitrogens with zero attached hydrogens (tertiary/aromatic N) is 2. The van der Waals surface area contributed by atoms with Crippen molar-refractivity contribution < 1.29 is 24.5 Å². The first-order valence-electron chi connectivity index (χ1n) is 10.2. The summed E-state index contributed by atoms with van der Waals surface area (Å²) in [5, 5.41) is 29.8. The molecule has 0 saturated carbocycles. The second-order valence-electron chi connectivity index (χ2n) is 7.35. The maximum absolute atomic E-state index is 12.3. The summed E-state index contributed by atoms with van der Waals surface area (Å²) < 4.78 is 12.0. The summed E-state index contributed by atoms with van der Waals surface area (Å²) in [5.41, 5.74) is -0.532. The molecule has 2 aromatic heterocycles. The highest BCUT2D eigenvalue weighted by molar-refractivity contribution is 5.73. The minimum atomic E-state index is -1.35. The average molecular weight is 404 g/mol. The van der Waals surface area contributed by atoms with Crippen LogP contribution in [0.25, 0.3) is 11.1 Å². The van der Waals surface area contributed by atoms with Crippen LogP contribution in [0, 0.1) is 11.8 Å². The number of aromatic nitrogens is 2. The Balaban J connectivity index is 1.67. The predicted octanol–water partition coefficient (Wildman–Crippen LogP) is 1.70. The maximum atomic E-state index is 12.3. The predicted molar refractivity (Wildman–Crippen MR) is 106 cm³/mol. The molecule has 29 heavy (non-hydrogen) atoms. The quantitative estimate of drug-likeness (QED) is 0.453. The van der Waals surface area contributed by atoms with E-state index in [9.17, 15) is 20.1 Å². The molecule has 0 aliphatic carbocycles. The van der Waals surface area contributed by atoms with Crippen LogP contribution in [-0.4, -0.2) is 49.8 Å². The topological polar surface area (TPSA) is 118 Å². The number of hydrogen-bond donors (Lipinski definition) is 3. The van der Waals surface area contributed by atoms with Crippen LogP contribution in [0.1, 0.15) is 63.9 Å². The van der Waals surface area contributed by atoms with Gasteiger partial charge < -0.3 is 24.5 Å². The fraction of sp³-hybridized carbons (Fsp3) is 0.619. The molecule has 1 aliphatic heterocycles. The van der Waals surface area contributed by atoms with Gasteiger partial charge in [-0.25, -0.2) is 4.79 Å². The summed E-state index contributed by atoms with van der Waals surface area (Å²) in [7, 11) is 0. The fourth-order valence-electron chi connectivity index (χ4n) is 3.42. The first kappa shape index (κ1) is 21.5. The zero-order valence-corrected chi connectivity index (χ0v) is 16.6. The lowest BCUT2D eigenvalue weighted by Crippen LogP contribution is -2.35. The Morgan fingerprint density at radius 3 is 2.66 bits per heavy atom. The van der Waals surface area contributed by atoms with Crippen LogP contribution >= 0.6 is 0 Å². The minimum Gasteiger partial charge on any atom is -0.429 e. The standard InChI is InChI=1S/C21H28N2O6/c1-2-3-4-5-6-7-8-9-10-15-11-14-12-23(21(27)22-19(14)28-15)20-18(26)17(25)16(13-24)29-20/h11-12,16-18,20,24-26H,2-8,13H2,1H3/t16-,17-,18-,20-/m1/s1. The Labute approximate surface area is 169 Å². The minimum absolute atomic E-state index is 0.154. The Bertz CT molecular complexity index is 925. The largest absolute Gasteiger partial charge is 0.429 e. The van der Waals surface area contributed by atoms with Crippen molar-refractivity contribution in [2.45, 2.75) is 76.4 Å². The average Bonchev–Trinajstić information content (AvgIpc) is 3.23.